The van der Waals surface area contributed by atoms with Crippen LogP contribution in [0.25, 0.3) is 161 Å². The lowest BCUT2D eigenvalue weighted by atomic mass is 9.88. The van der Waals surface area contributed by atoms with E-state index in [1.54, 1.807) is 0 Å². The molecule has 14 aromatic carbocycles. The molecular weight excluding hydrogens is 929 g/mol. The molecule has 16 rings (SSSR count). The van der Waals surface area contributed by atoms with Crippen molar-refractivity contribution in [1.82, 2.24) is 0 Å². The summed E-state index contributed by atoms with van der Waals surface area (Å²) >= 11 is 3.83. The first kappa shape index (κ1) is 41.7. The Kier molecular flexibility index (Phi) is 9.18. The van der Waals surface area contributed by atoms with Crippen LogP contribution in [0.5, 0.6) is 0 Å². The molecule has 0 aliphatic carbocycles. The van der Waals surface area contributed by atoms with Gasteiger partial charge in [0.1, 0.15) is 0 Å². The zero-order chi connectivity index (χ0) is 48.4. The Bertz CT molecular complexity index is 4940. The monoisotopic (exact) mass is 970 g/mol. The van der Waals surface area contributed by atoms with E-state index in [9.17, 15) is 0 Å². The van der Waals surface area contributed by atoms with Gasteiger partial charge in [-0.2, -0.15) is 0 Å². The van der Waals surface area contributed by atoms with Crippen molar-refractivity contribution in [3.05, 3.63) is 255 Å². The summed E-state index contributed by atoms with van der Waals surface area (Å²) in [5.74, 6) is 0. The van der Waals surface area contributed by atoms with Crippen LogP contribution in [0.3, 0.4) is 0 Å². The molecule has 0 amide bonds. The van der Waals surface area contributed by atoms with Crippen LogP contribution in [0.1, 0.15) is 0 Å². The van der Waals surface area contributed by atoms with Gasteiger partial charge in [-0.15, -0.1) is 22.7 Å². The predicted octanol–water partition coefficient (Wildman–Crippen LogP) is 21.7. The fraction of sp³-hybridized carbons (Fsp3) is 0. The number of rotatable bonds is 5. The topological polar surface area (TPSA) is 0 Å². The van der Waals surface area contributed by atoms with Crippen molar-refractivity contribution in [3.63, 3.8) is 0 Å². The fourth-order valence-corrected chi connectivity index (χ4v) is 15.1. The number of thiophene rings is 2. The second-order valence-electron chi connectivity index (χ2n) is 19.8. The van der Waals surface area contributed by atoms with Crippen LogP contribution in [-0.2, 0) is 0 Å². The van der Waals surface area contributed by atoms with Gasteiger partial charge in [-0.3, -0.25) is 0 Å². The van der Waals surface area contributed by atoms with E-state index in [1.807, 2.05) is 22.7 Å². The van der Waals surface area contributed by atoms with Crippen molar-refractivity contribution < 1.29 is 0 Å². The summed E-state index contributed by atoms with van der Waals surface area (Å²) in [6.07, 6.45) is 0. The van der Waals surface area contributed by atoms with Crippen molar-refractivity contribution >= 4 is 128 Å². The SMILES string of the molecule is c1cc(-c2ccc(-c3cccc4c3sc3c(-c5ccc6c7ccccc7c7ccccc7c6c5)cccc34)cc2)cc(-c2ccc3c(sc4ccccc43)c2-c2ccc3c4ccccc4c4ccccc4c3c2)c1. The first-order chi connectivity index (χ1) is 36.7. The molecule has 0 spiro atoms. The molecule has 2 heterocycles. The number of benzene rings is 14. The van der Waals surface area contributed by atoms with E-state index >= 15 is 0 Å². The van der Waals surface area contributed by atoms with Gasteiger partial charge >= 0.3 is 0 Å². The summed E-state index contributed by atoms with van der Waals surface area (Å²) < 4.78 is 5.28. The molecule has 0 bridgehead atoms. The third kappa shape index (κ3) is 6.26. The fourth-order valence-electron chi connectivity index (χ4n) is 12.4. The standard InChI is InChI=1S/C72H42S2/c1-3-20-56-52(16-1)54-18-5-7-22-58(54)66-41-47(34-36-60(56)66)51-26-13-28-64-63-27-12-25-50(70(63)74-71(51)64)44-32-30-43(31-33-44)45-14-11-15-46(40-45)49-38-39-65-62-24-9-10-29-68(62)73-72(65)69(49)48-35-37-61-57-21-4-2-17-53(57)55-19-6-8-23-59(55)67(61)42-48/h1-42H. The van der Waals surface area contributed by atoms with Crippen LogP contribution in [0.4, 0.5) is 0 Å². The molecule has 0 unspecified atom stereocenters. The van der Waals surface area contributed by atoms with Gasteiger partial charge in [-0.05, 0) is 139 Å². The van der Waals surface area contributed by atoms with Crippen molar-refractivity contribution in [2.45, 2.75) is 0 Å². The van der Waals surface area contributed by atoms with Gasteiger partial charge in [0.2, 0.25) is 0 Å². The van der Waals surface area contributed by atoms with E-state index < -0.39 is 0 Å². The van der Waals surface area contributed by atoms with Gasteiger partial charge in [0.15, 0.2) is 0 Å². The summed E-state index contributed by atoms with van der Waals surface area (Å²) in [4.78, 5) is 0. The van der Waals surface area contributed by atoms with Gasteiger partial charge in [0.05, 0.1) is 0 Å². The molecule has 74 heavy (non-hydrogen) atoms. The maximum absolute atomic E-state index is 2.46. The van der Waals surface area contributed by atoms with Crippen LogP contribution in [0, 0.1) is 0 Å². The molecule has 0 aliphatic rings. The lowest BCUT2D eigenvalue weighted by Crippen LogP contribution is -1.89. The average Bonchev–Trinajstić information content (AvgIpc) is 4.06. The summed E-state index contributed by atoms with van der Waals surface area (Å²) in [5, 5.41) is 20.8. The summed E-state index contributed by atoms with van der Waals surface area (Å²) in [5.41, 5.74) is 12.4. The zero-order valence-electron chi connectivity index (χ0n) is 40.1. The molecule has 0 saturated heterocycles. The largest absolute Gasteiger partial charge is 0.135 e. The molecule has 0 atom stereocenters. The maximum atomic E-state index is 2.46. The highest BCUT2D eigenvalue weighted by Crippen LogP contribution is 2.49. The molecular formula is C72H42S2. The average molecular weight is 971 g/mol. The van der Waals surface area contributed by atoms with Gasteiger partial charge < -0.3 is 0 Å². The quantitative estimate of drug-likeness (QED) is 0.151. The van der Waals surface area contributed by atoms with E-state index in [2.05, 4.69) is 255 Å². The molecule has 2 aromatic heterocycles. The molecule has 0 N–H and O–H groups in total. The number of fused-ring (bicyclic) bond motifs is 18. The zero-order valence-corrected chi connectivity index (χ0v) is 41.7. The molecule has 0 saturated carbocycles. The lowest BCUT2D eigenvalue weighted by Gasteiger charge is -2.16. The lowest BCUT2D eigenvalue weighted by molar-refractivity contribution is 1.59. The Labute approximate surface area is 435 Å². The molecule has 16 aromatic rings. The minimum Gasteiger partial charge on any atom is -0.135 e. The first-order valence-corrected chi connectivity index (χ1v) is 27.1. The Morgan fingerprint density at radius 3 is 1.14 bits per heavy atom. The second kappa shape index (κ2) is 16.3. The molecule has 0 radical (unpaired) electrons. The third-order valence-electron chi connectivity index (χ3n) is 15.9. The highest BCUT2D eigenvalue weighted by molar-refractivity contribution is 7.27. The summed E-state index contributed by atoms with van der Waals surface area (Å²) in [7, 11) is 0. The van der Waals surface area contributed by atoms with Gasteiger partial charge in [-0.25, -0.2) is 0 Å². The van der Waals surface area contributed by atoms with Gasteiger partial charge in [-0.1, -0.05) is 231 Å². The Morgan fingerprint density at radius 2 is 0.554 bits per heavy atom. The predicted molar refractivity (Wildman–Crippen MR) is 324 cm³/mol. The van der Waals surface area contributed by atoms with Gasteiger partial charge in [0, 0.05) is 45.9 Å². The molecule has 2 heteroatoms. The Morgan fingerprint density at radius 1 is 0.176 bits per heavy atom. The highest BCUT2D eigenvalue weighted by atomic mass is 32.1. The molecule has 0 aliphatic heterocycles. The smallest absolute Gasteiger partial charge is 0.0440 e. The minimum absolute atomic E-state index is 1.20. The van der Waals surface area contributed by atoms with Crippen LogP contribution < -0.4 is 0 Å². The Balaban J connectivity index is 0.797. The van der Waals surface area contributed by atoms with Crippen LogP contribution in [-0.4, -0.2) is 0 Å². The first-order valence-electron chi connectivity index (χ1n) is 25.5. The van der Waals surface area contributed by atoms with E-state index in [-0.39, 0.29) is 0 Å². The van der Waals surface area contributed by atoms with Crippen molar-refractivity contribution in [2.24, 2.45) is 0 Å². The van der Waals surface area contributed by atoms with E-state index in [1.165, 1.54) is 161 Å². The third-order valence-corrected chi connectivity index (χ3v) is 18.4. The van der Waals surface area contributed by atoms with Crippen molar-refractivity contribution in [2.75, 3.05) is 0 Å². The van der Waals surface area contributed by atoms with Crippen LogP contribution in [0.2, 0.25) is 0 Å². The highest BCUT2D eigenvalue weighted by Gasteiger charge is 2.20. The van der Waals surface area contributed by atoms with E-state index in [0.29, 0.717) is 0 Å². The number of hydrogen-bond acceptors (Lipinski definition) is 2. The summed E-state index contributed by atoms with van der Waals surface area (Å²) in [6, 6.07) is 95.4. The summed E-state index contributed by atoms with van der Waals surface area (Å²) in [6.45, 7) is 0. The van der Waals surface area contributed by atoms with Crippen LogP contribution >= 0.6 is 22.7 Å². The maximum Gasteiger partial charge on any atom is 0.0440 e. The van der Waals surface area contributed by atoms with Crippen molar-refractivity contribution in [1.29, 1.82) is 0 Å². The minimum atomic E-state index is 1.20. The van der Waals surface area contributed by atoms with Crippen LogP contribution in [0.15, 0.2) is 255 Å². The second-order valence-corrected chi connectivity index (χ2v) is 21.9. The molecule has 342 valence electrons. The Hall–Kier alpha value is -8.92. The number of hydrogen-bond donors (Lipinski definition) is 0. The van der Waals surface area contributed by atoms with Gasteiger partial charge in [0.25, 0.3) is 0 Å². The normalized spacial score (nSPS) is 12.1. The van der Waals surface area contributed by atoms with Crippen molar-refractivity contribution in [3.8, 4) is 55.6 Å². The van der Waals surface area contributed by atoms with E-state index in [0.717, 1.165) is 0 Å². The van der Waals surface area contributed by atoms with E-state index in [4.69, 9.17) is 0 Å². The molecule has 0 nitrogen and oxygen atoms in total. The molecule has 0 fully saturated rings.